The smallest absolute Gasteiger partial charge is 0.252 e. The van der Waals surface area contributed by atoms with Gasteiger partial charge in [-0.2, -0.15) is 0 Å². The molecule has 0 aromatic heterocycles. The van der Waals surface area contributed by atoms with Crippen LogP contribution in [-0.4, -0.2) is 62.1 Å². The van der Waals surface area contributed by atoms with E-state index in [9.17, 15) is 24.9 Å². The van der Waals surface area contributed by atoms with Gasteiger partial charge in [-0.25, -0.2) is 0 Å². The summed E-state index contributed by atoms with van der Waals surface area (Å²) < 4.78 is 0. The first-order chi connectivity index (χ1) is 12.6. The van der Waals surface area contributed by atoms with Crippen molar-refractivity contribution < 1.29 is 24.9 Å². The number of nitrogens with two attached hydrogens (primary N) is 1. The van der Waals surface area contributed by atoms with Crippen LogP contribution in [0, 0.1) is 0 Å². The van der Waals surface area contributed by atoms with Gasteiger partial charge in [-0.3, -0.25) is 9.59 Å². The number of hydrogen-bond acceptors (Lipinski definition) is 6. The van der Waals surface area contributed by atoms with Gasteiger partial charge in [0, 0.05) is 18.5 Å². The Morgan fingerprint density at radius 2 is 1.89 bits per heavy atom. The minimum Gasteiger partial charge on any atom is -0.390 e. The number of carbonyl (C=O) groups excluding carboxylic acids is 2. The van der Waals surface area contributed by atoms with Crippen molar-refractivity contribution in [1.29, 1.82) is 0 Å². The van der Waals surface area contributed by atoms with Crippen molar-refractivity contribution in [2.24, 2.45) is 5.73 Å². The van der Waals surface area contributed by atoms with Crippen LogP contribution in [0.15, 0.2) is 30.3 Å². The zero-order chi connectivity index (χ0) is 20.2. The number of anilines is 1. The molecule has 5 atom stereocenters. The van der Waals surface area contributed by atoms with E-state index in [1.54, 1.807) is 12.1 Å². The van der Waals surface area contributed by atoms with Gasteiger partial charge >= 0.3 is 0 Å². The zero-order valence-corrected chi connectivity index (χ0v) is 15.6. The molecule has 2 amide bonds. The molecule has 5 unspecified atom stereocenters. The first kappa shape index (κ1) is 21.0. The molecular formula is C17H24N4O5S. The molecule has 27 heavy (non-hydrogen) atoms. The molecule has 9 nitrogen and oxygen atoms in total. The maximum absolute atomic E-state index is 12.4. The van der Waals surface area contributed by atoms with E-state index in [-0.39, 0.29) is 18.0 Å². The minimum atomic E-state index is -2.00. The average Bonchev–Trinajstić information content (AvgIpc) is 2.59. The van der Waals surface area contributed by atoms with Gasteiger partial charge in [-0.05, 0) is 31.3 Å². The first-order valence-corrected chi connectivity index (χ1v) is 8.84. The Balaban J connectivity index is 2.06. The van der Waals surface area contributed by atoms with Gasteiger partial charge in [0.05, 0.1) is 12.1 Å². The van der Waals surface area contributed by atoms with E-state index in [0.717, 1.165) is 0 Å². The summed E-state index contributed by atoms with van der Waals surface area (Å²) >= 11 is 5.19. The summed E-state index contributed by atoms with van der Waals surface area (Å²) in [5.74, 6) is -1.61. The molecule has 1 saturated carbocycles. The maximum atomic E-state index is 12.4. The molecule has 0 heterocycles. The monoisotopic (exact) mass is 396 g/mol. The lowest BCUT2D eigenvalue weighted by Gasteiger charge is -2.42. The van der Waals surface area contributed by atoms with Crippen LogP contribution in [0.5, 0.6) is 0 Å². The van der Waals surface area contributed by atoms with Gasteiger partial charge in [0.2, 0.25) is 5.91 Å². The summed E-state index contributed by atoms with van der Waals surface area (Å²) in [6, 6.07) is 7.16. The van der Waals surface area contributed by atoms with Crippen molar-refractivity contribution >= 4 is 34.8 Å². The maximum Gasteiger partial charge on any atom is 0.252 e. The molecule has 1 fully saturated rings. The molecule has 0 saturated heterocycles. The number of nitrogens with one attached hydrogen (secondary N) is 3. The van der Waals surface area contributed by atoms with E-state index >= 15 is 0 Å². The predicted molar refractivity (Wildman–Crippen MR) is 103 cm³/mol. The topological polar surface area (TPSA) is 157 Å². The minimum absolute atomic E-state index is 0.160. The predicted octanol–water partition coefficient (Wildman–Crippen LogP) is -1.42. The number of para-hydroxylation sites is 1. The largest absolute Gasteiger partial charge is 0.390 e. The number of primary amides is 1. The number of benzene rings is 1. The highest BCUT2D eigenvalue weighted by molar-refractivity contribution is 7.80. The second kappa shape index (κ2) is 8.61. The molecule has 0 bridgehead atoms. The van der Waals surface area contributed by atoms with Crippen LogP contribution in [0.2, 0.25) is 0 Å². The number of amides is 2. The van der Waals surface area contributed by atoms with Crippen LogP contribution < -0.4 is 21.7 Å². The molecule has 1 aromatic carbocycles. The van der Waals surface area contributed by atoms with E-state index in [4.69, 9.17) is 18.0 Å². The zero-order valence-electron chi connectivity index (χ0n) is 14.8. The van der Waals surface area contributed by atoms with Crippen molar-refractivity contribution in [1.82, 2.24) is 10.6 Å². The molecule has 1 aliphatic carbocycles. The quantitative estimate of drug-likeness (QED) is 0.299. The summed E-state index contributed by atoms with van der Waals surface area (Å²) in [5.41, 5.74) is 3.82. The van der Waals surface area contributed by atoms with Crippen molar-refractivity contribution in [3.63, 3.8) is 0 Å². The summed E-state index contributed by atoms with van der Waals surface area (Å²) in [5, 5.41) is 39.2. The Hall–Kier alpha value is -2.27. The lowest BCUT2D eigenvalue weighted by molar-refractivity contribution is -0.158. The van der Waals surface area contributed by atoms with Crippen molar-refractivity contribution in [3.05, 3.63) is 30.3 Å². The highest BCUT2D eigenvalue weighted by atomic mass is 32.1. The van der Waals surface area contributed by atoms with Crippen LogP contribution >= 0.6 is 12.2 Å². The van der Waals surface area contributed by atoms with Gasteiger partial charge < -0.3 is 37.0 Å². The molecule has 10 heteroatoms. The van der Waals surface area contributed by atoms with Crippen LogP contribution in [0.3, 0.4) is 0 Å². The third kappa shape index (κ3) is 5.36. The highest BCUT2D eigenvalue weighted by Crippen LogP contribution is 2.30. The highest BCUT2D eigenvalue weighted by Gasteiger charge is 2.49. The Morgan fingerprint density at radius 3 is 2.48 bits per heavy atom. The Labute approximate surface area is 161 Å². The second-order valence-corrected chi connectivity index (χ2v) is 7.07. The van der Waals surface area contributed by atoms with E-state index < -0.39 is 41.7 Å². The van der Waals surface area contributed by atoms with Gasteiger partial charge in [-0.15, -0.1) is 0 Å². The second-order valence-electron chi connectivity index (χ2n) is 6.67. The van der Waals surface area contributed by atoms with E-state index in [0.29, 0.717) is 5.69 Å². The summed E-state index contributed by atoms with van der Waals surface area (Å²) in [6.07, 6.45) is -3.22. The number of carbonyl (C=O) groups is 2. The molecule has 1 aromatic rings. The SMILES string of the molecule is CC(NC(=O)C1(O)CC(O)C(O)C(NC(=S)Nc2ccccc2)C1)C(N)=O. The first-order valence-electron chi connectivity index (χ1n) is 8.44. The fraction of sp³-hybridized carbons (Fsp3) is 0.471. The number of aliphatic hydroxyl groups excluding tert-OH is 2. The molecule has 0 spiro atoms. The Morgan fingerprint density at radius 1 is 1.26 bits per heavy atom. The van der Waals surface area contributed by atoms with Gasteiger partial charge in [0.1, 0.15) is 17.7 Å². The summed E-state index contributed by atoms with van der Waals surface area (Å²) in [6.45, 7) is 1.38. The van der Waals surface area contributed by atoms with E-state index in [1.807, 2.05) is 18.2 Å². The fourth-order valence-corrected chi connectivity index (χ4v) is 3.15. The molecule has 0 aliphatic heterocycles. The summed E-state index contributed by atoms with van der Waals surface area (Å²) in [7, 11) is 0. The van der Waals surface area contributed by atoms with E-state index in [2.05, 4.69) is 16.0 Å². The summed E-state index contributed by atoms with van der Waals surface area (Å²) in [4.78, 5) is 23.5. The lowest BCUT2D eigenvalue weighted by Crippen LogP contribution is -2.64. The van der Waals surface area contributed by atoms with Gasteiger partial charge in [-0.1, -0.05) is 18.2 Å². The molecule has 2 rings (SSSR count). The third-order valence-corrected chi connectivity index (χ3v) is 4.68. The molecule has 8 N–H and O–H groups in total. The molecule has 148 valence electrons. The lowest BCUT2D eigenvalue weighted by atomic mass is 9.77. The van der Waals surface area contributed by atoms with Crippen LogP contribution in [-0.2, 0) is 9.59 Å². The Kier molecular flexibility index (Phi) is 6.71. The number of thiocarbonyl (C=S) groups is 1. The molecule has 1 aliphatic rings. The van der Waals surface area contributed by atoms with E-state index in [1.165, 1.54) is 6.92 Å². The standard InChI is InChI=1S/C17H24N4O5S/c1-9(14(18)24)19-15(25)17(26)7-11(13(23)12(22)8-17)21-16(27)20-10-5-3-2-4-6-10/h2-6,9,11-13,22-23,26H,7-8H2,1H3,(H2,18,24)(H,19,25)(H2,20,21,27). The normalized spacial score (nSPS) is 28.7. The van der Waals surface area contributed by atoms with Crippen LogP contribution in [0.4, 0.5) is 5.69 Å². The van der Waals surface area contributed by atoms with Crippen molar-refractivity contribution in [3.8, 4) is 0 Å². The van der Waals surface area contributed by atoms with Crippen molar-refractivity contribution in [2.75, 3.05) is 5.32 Å². The fourth-order valence-electron chi connectivity index (χ4n) is 2.88. The molecular weight excluding hydrogens is 372 g/mol. The Bertz CT molecular complexity index is 704. The number of aliphatic hydroxyl groups is 3. The van der Waals surface area contributed by atoms with Crippen LogP contribution in [0.1, 0.15) is 19.8 Å². The average molecular weight is 396 g/mol. The third-order valence-electron chi connectivity index (χ3n) is 4.46. The number of rotatable bonds is 5. The molecule has 0 radical (unpaired) electrons. The number of hydrogen-bond donors (Lipinski definition) is 7. The van der Waals surface area contributed by atoms with Crippen molar-refractivity contribution in [2.45, 2.75) is 49.7 Å². The van der Waals surface area contributed by atoms with Gasteiger partial charge in [0.25, 0.3) is 5.91 Å². The van der Waals surface area contributed by atoms with Gasteiger partial charge in [0.15, 0.2) is 5.11 Å². The van der Waals surface area contributed by atoms with Crippen LogP contribution in [0.25, 0.3) is 0 Å².